The summed E-state index contributed by atoms with van der Waals surface area (Å²) in [6, 6.07) is 7.81. The molecule has 0 radical (unpaired) electrons. The van der Waals surface area contributed by atoms with Crippen molar-refractivity contribution in [2.45, 2.75) is 45.4 Å². The van der Waals surface area contributed by atoms with E-state index in [1.165, 1.54) is 42.1 Å². The number of anilines is 1. The molecule has 6 heteroatoms. The Kier molecular flexibility index (Phi) is 7.24. The van der Waals surface area contributed by atoms with E-state index >= 15 is 0 Å². The van der Waals surface area contributed by atoms with Crippen molar-refractivity contribution in [3.63, 3.8) is 0 Å². The largest absolute Gasteiger partial charge is 0.494 e. The van der Waals surface area contributed by atoms with Gasteiger partial charge in [0.2, 0.25) is 5.91 Å². The zero-order valence-corrected chi connectivity index (χ0v) is 17.1. The number of carbonyl (C=O) groups excluding carboxylic acids is 1. The Morgan fingerprint density at radius 1 is 1.33 bits per heavy atom. The maximum Gasteiger partial charge on any atom is 0.230 e. The first kappa shape index (κ1) is 19.8. The third kappa shape index (κ3) is 6.33. The number of thiazole rings is 1. The van der Waals surface area contributed by atoms with E-state index in [0.717, 1.165) is 24.3 Å². The van der Waals surface area contributed by atoms with Crippen molar-refractivity contribution in [1.82, 2.24) is 9.88 Å². The molecule has 2 aromatic rings. The first-order chi connectivity index (χ1) is 13.1. The minimum absolute atomic E-state index is 0.0501. The SMILES string of the molecule is CC(C)c1cnc(NC(=O)Cc2cccc(OCCCN3CCCC3)c2)s1. The zero-order valence-electron chi connectivity index (χ0n) is 16.2. The van der Waals surface area contributed by atoms with Gasteiger partial charge in [0.05, 0.1) is 13.0 Å². The van der Waals surface area contributed by atoms with Crippen molar-refractivity contribution >= 4 is 22.4 Å². The highest BCUT2D eigenvalue weighted by molar-refractivity contribution is 7.15. The number of hydrogen-bond acceptors (Lipinski definition) is 5. The molecule has 0 saturated carbocycles. The fourth-order valence-corrected chi connectivity index (χ4v) is 4.02. The number of rotatable bonds is 9. The van der Waals surface area contributed by atoms with E-state index in [4.69, 9.17) is 4.74 Å². The van der Waals surface area contributed by atoms with Crippen LogP contribution in [0.4, 0.5) is 5.13 Å². The molecule has 2 heterocycles. The number of benzene rings is 1. The molecule has 1 aliphatic heterocycles. The van der Waals surface area contributed by atoms with Crippen LogP contribution < -0.4 is 10.1 Å². The molecule has 1 aromatic heterocycles. The van der Waals surface area contributed by atoms with Gasteiger partial charge in [-0.05, 0) is 56.0 Å². The molecular formula is C21H29N3O2S. The first-order valence-corrected chi connectivity index (χ1v) is 10.6. The molecule has 0 unspecified atom stereocenters. The van der Waals surface area contributed by atoms with E-state index in [9.17, 15) is 4.79 Å². The van der Waals surface area contributed by atoms with Crippen LogP contribution in [0.1, 0.15) is 49.5 Å². The minimum Gasteiger partial charge on any atom is -0.494 e. The first-order valence-electron chi connectivity index (χ1n) is 9.80. The van der Waals surface area contributed by atoms with Crippen molar-refractivity contribution in [2.24, 2.45) is 0 Å². The van der Waals surface area contributed by atoms with E-state index < -0.39 is 0 Å². The second-order valence-electron chi connectivity index (χ2n) is 7.35. The summed E-state index contributed by atoms with van der Waals surface area (Å²) in [6.07, 6.45) is 5.84. The molecule has 0 spiro atoms. The Balaban J connectivity index is 1.44. The van der Waals surface area contributed by atoms with Gasteiger partial charge in [-0.1, -0.05) is 26.0 Å². The topological polar surface area (TPSA) is 54.5 Å². The number of ether oxygens (including phenoxy) is 1. The van der Waals surface area contributed by atoms with Gasteiger partial charge in [0, 0.05) is 17.6 Å². The van der Waals surface area contributed by atoms with Crippen molar-refractivity contribution in [1.29, 1.82) is 0 Å². The fraction of sp³-hybridized carbons (Fsp3) is 0.524. The zero-order chi connectivity index (χ0) is 19.1. The van der Waals surface area contributed by atoms with Gasteiger partial charge in [0.15, 0.2) is 5.13 Å². The molecule has 0 bridgehead atoms. The molecule has 1 aromatic carbocycles. The van der Waals surface area contributed by atoms with Gasteiger partial charge >= 0.3 is 0 Å². The standard InChI is InChI=1S/C21H29N3O2S/c1-16(2)19-15-22-21(27-19)23-20(25)14-17-7-5-8-18(13-17)26-12-6-11-24-9-3-4-10-24/h5,7-8,13,15-16H,3-4,6,9-12,14H2,1-2H3,(H,22,23,25). The van der Waals surface area contributed by atoms with Gasteiger partial charge < -0.3 is 15.0 Å². The molecule has 27 heavy (non-hydrogen) atoms. The van der Waals surface area contributed by atoms with Crippen LogP contribution in [0.5, 0.6) is 5.75 Å². The van der Waals surface area contributed by atoms with Crippen LogP contribution in [0.3, 0.4) is 0 Å². The van der Waals surface area contributed by atoms with Crippen molar-refractivity contribution in [2.75, 3.05) is 31.6 Å². The van der Waals surface area contributed by atoms with Crippen molar-refractivity contribution in [3.05, 3.63) is 40.9 Å². The Morgan fingerprint density at radius 3 is 2.89 bits per heavy atom. The summed E-state index contributed by atoms with van der Waals surface area (Å²) in [5.74, 6) is 1.20. The molecule has 3 rings (SSSR count). The average Bonchev–Trinajstić information content (AvgIpc) is 3.31. The minimum atomic E-state index is -0.0501. The molecule has 1 saturated heterocycles. The monoisotopic (exact) mass is 387 g/mol. The Morgan fingerprint density at radius 2 is 2.15 bits per heavy atom. The Labute approximate surface area is 165 Å². The lowest BCUT2D eigenvalue weighted by Crippen LogP contribution is -2.21. The summed E-state index contributed by atoms with van der Waals surface area (Å²) in [6.45, 7) is 8.51. The summed E-state index contributed by atoms with van der Waals surface area (Å²) in [5.41, 5.74) is 0.949. The smallest absolute Gasteiger partial charge is 0.230 e. The number of carbonyl (C=O) groups is 1. The van der Waals surface area contributed by atoms with Crippen LogP contribution in [0, 0.1) is 0 Å². The number of aromatic nitrogens is 1. The van der Waals surface area contributed by atoms with Gasteiger partial charge in [-0.2, -0.15) is 0 Å². The highest BCUT2D eigenvalue weighted by atomic mass is 32.1. The second-order valence-corrected chi connectivity index (χ2v) is 8.41. The van der Waals surface area contributed by atoms with Crippen molar-refractivity contribution in [3.8, 4) is 5.75 Å². The van der Waals surface area contributed by atoms with Gasteiger partial charge in [0.25, 0.3) is 0 Å². The predicted molar refractivity (Wildman–Crippen MR) is 111 cm³/mol. The summed E-state index contributed by atoms with van der Waals surface area (Å²) >= 11 is 1.54. The molecule has 0 aliphatic carbocycles. The molecule has 146 valence electrons. The van der Waals surface area contributed by atoms with Crippen LogP contribution in [0.25, 0.3) is 0 Å². The quantitative estimate of drug-likeness (QED) is 0.651. The lowest BCUT2D eigenvalue weighted by atomic mass is 10.1. The summed E-state index contributed by atoms with van der Waals surface area (Å²) in [4.78, 5) is 20.2. The normalized spacial score (nSPS) is 14.6. The van der Waals surface area contributed by atoms with Crippen LogP contribution in [0.15, 0.2) is 30.5 Å². The Hall–Kier alpha value is -1.92. The van der Waals surface area contributed by atoms with Crippen LogP contribution in [-0.4, -0.2) is 42.0 Å². The van der Waals surface area contributed by atoms with Crippen LogP contribution >= 0.6 is 11.3 Å². The van der Waals surface area contributed by atoms with Crippen molar-refractivity contribution < 1.29 is 9.53 Å². The third-order valence-electron chi connectivity index (χ3n) is 4.69. The molecule has 1 aliphatic rings. The summed E-state index contributed by atoms with van der Waals surface area (Å²) in [5, 5.41) is 3.56. The van der Waals surface area contributed by atoms with E-state index in [1.807, 2.05) is 30.5 Å². The van der Waals surface area contributed by atoms with Crippen LogP contribution in [0.2, 0.25) is 0 Å². The maximum absolute atomic E-state index is 12.3. The van der Waals surface area contributed by atoms with Gasteiger partial charge in [-0.15, -0.1) is 11.3 Å². The van der Waals surface area contributed by atoms with E-state index in [2.05, 4.69) is 29.0 Å². The fourth-order valence-electron chi connectivity index (χ4n) is 3.19. The summed E-state index contributed by atoms with van der Waals surface area (Å²) in [7, 11) is 0. The number of hydrogen-bond donors (Lipinski definition) is 1. The lowest BCUT2D eigenvalue weighted by molar-refractivity contribution is -0.115. The van der Waals surface area contributed by atoms with Gasteiger partial charge in [-0.3, -0.25) is 4.79 Å². The van der Waals surface area contributed by atoms with E-state index in [-0.39, 0.29) is 5.91 Å². The second kappa shape index (κ2) is 9.85. The van der Waals surface area contributed by atoms with Gasteiger partial charge in [-0.25, -0.2) is 4.98 Å². The highest BCUT2D eigenvalue weighted by Gasteiger charge is 2.11. The number of amides is 1. The van der Waals surface area contributed by atoms with E-state index in [0.29, 0.717) is 24.1 Å². The highest BCUT2D eigenvalue weighted by Crippen LogP contribution is 2.25. The maximum atomic E-state index is 12.3. The van der Waals surface area contributed by atoms with Gasteiger partial charge in [0.1, 0.15) is 5.75 Å². The molecule has 1 N–H and O–H groups in total. The molecule has 1 amide bonds. The molecule has 5 nitrogen and oxygen atoms in total. The van der Waals surface area contributed by atoms with Crippen LogP contribution in [-0.2, 0) is 11.2 Å². The molecule has 0 atom stereocenters. The number of nitrogens with one attached hydrogen (secondary N) is 1. The molecular weight excluding hydrogens is 358 g/mol. The number of likely N-dealkylation sites (tertiary alicyclic amines) is 1. The molecule has 1 fully saturated rings. The average molecular weight is 388 g/mol. The number of nitrogens with zero attached hydrogens (tertiary/aromatic N) is 2. The lowest BCUT2D eigenvalue weighted by Gasteiger charge is -2.14. The van der Waals surface area contributed by atoms with E-state index in [1.54, 1.807) is 0 Å². The summed E-state index contributed by atoms with van der Waals surface area (Å²) < 4.78 is 5.87. The Bertz CT molecular complexity index is 739. The third-order valence-corrected chi connectivity index (χ3v) is 5.90. The predicted octanol–water partition coefficient (Wildman–Crippen LogP) is 4.31.